The third-order valence-electron chi connectivity index (χ3n) is 2.76. The van der Waals surface area contributed by atoms with Gasteiger partial charge in [0.05, 0.1) is 10.6 Å². The Bertz CT molecular complexity index is 753. The van der Waals surface area contributed by atoms with Crippen LogP contribution < -0.4 is 16.2 Å². The Morgan fingerprint density at radius 1 is 1.04 bits per heavy atom. The zero-order valence-corrected chi connectivity index (χ0v) is 12.6. The molecule has 0 saturated carbocycles. The second-order valence-corrected chi connectivity index (χ2v) is 4.87. The molecule has 0 unspecified atom stereocenters. The van der Waals surface area contributed by atoms with E-state index in [1.807, 2.05) is 5.43 Å². The number of halogens is 4. The second-order valence-electron chi connectivity index (χ2n) is 4.46. The SMILES string of the molecule is O=C(NNC(=O)c1ccncc1)Nc1ccc(Cl)c(C(F)(F)F)c1. The van der Waals surface area contributed by atoms with Crippen molar-refractivity contribution in [2.75, 3.05) is 5.32 Å². The molecule has 0 aliphatic rings. The molecule has 10 heteroatoms. The summed E-state index contributed by atoms with van der Waals surface area (Å²) in [5.41, 5.74) is 3.15. The number of amides is 3. The van der Waals surface area contributed by atoms with Crippen molar-refractivity contribution in [3.8, 4) is 0 Å². The van der Waals surface area contributed by atoms with Crippen molar-refractivity contribution >= 4 is 29.2 Å². The molecule has 3 N–H and O–H groups in total. The van der Waals surface area contributed by atoms with E-state index in [2.05, 4.69) is 15.7 Å². The highest BCUT2D eigenvalue weighted by Crippen LogP contribution is 2.36. The van der Waals surface area contributed by atoms with Crippen molar-refractivity contribution in [1.29, 1.82) is 0 Å². The van der Waals surface area contributed by atoms with E-state index in [0.29, 0.717) is 6.07 Å². The summed E-state index contributed by atoms with van der Waals surface area (Å²) in [6, 6.07) is 4.81. The van der Waals surface area contributed by atoms with Gasteiger partial charge >= 0.3 is 12.2 Å². The molecule has 3 amide bonds. The van der Waals surface area contributed by atoms with Crippen molar-refractivity contribution in [3.05, 3.63) is 58.9 Å². The summed E-state index contributed by atoms with van der Waals surface area (Å²) in [4.78, 5) is 27.0. The lowest BCUT2D eigenvalue weighted by Crippen LogP contribution is -2.43. The first-order valence-electron chi connectivity index (χ1n) is 6.41. The molecule has 1 heterocycles. The van der Waals surface area contributed by atoms with Crippen LogP contribution in [-0.4, -0.2) is 16.9 Å². The van der Waals surface area contributed by atoms with Gasteiger partial charge in [0.2, 0.25) is 0 Å². The number of urea groups is 1. The largest absolute Gasteiger partial charge is 0.417 e. The first kappa shape index (κ1) is 17.5. The van der Waals surface area contributed by atoms with Gasteiger partial charge in [-0.25, -0.2) is 10.2 Å². The summed E-state index contributed by atoms with van der Waals surface area (Å²) in [5, 5.41) is 1.67. The van der Waals surface area contributed by atoms with Gasteiger partial charge < -0.3 is 5.32 Å². The summed E-state index contributed by atoms with van der Waals surface area (Å²) in [7, 11) is 0. The van der Waals surface area contributed by atoms with E-state index in [9.17, 15) is 22.8 Å². The number of carbonyl (C=O) groups excluding carboxylic acids is 2. The van der Waals surface area contributed by atoms with E-state index in [4.69, 9.17) is 11.6 Å². The fraction of sp³-hybridized carbons (Fsp3) is 0.0714. The van der Waals surface area contributed by atoms with Gasteiger partial charge in [-0.3, -0.25) is 15.2 Å². The Kier molecular flexibility index (Phi) is 5.24. The molecule has 0 radical (unpaired) electrons. The minimum absolute atomic E-state index is 0.137. The number of carbonyl (C=O) groups is 2. The normalized spacial score (nSPS) is 10.8. The summed E-state index contributed by atoms with van der Waals surface area (Å²) < 4.78 is 38.2. The second kappa shape index (κ2) is 7.18. The van der Waals surface area contributed by atoms with Crippen molar-refractivity contribution in [3.63, 3.8) is 0 Å². The molecule has 1 aromatic carbocycles. The molecule has 0 saturated heterocycles. The highest BCUT2D eigenvalue weighted by molar-refractivity contribution is 6.31. The third-order valence-corrected chi connectivity index (χ3v) is 3.09. The summed E-state index contributed by atoms with van der Waals surface area (Å²) in [5.74, 6) is -0.611. The quantitative estimate of drug-likeness (QED) is 0.721. The van der Waals surface area contributed by atoms with Gasteiger partial charge in [-0.2, -0.15) is 13.2 Å². The maximum atomic E-state index is 12.7. The number of benzene rings is 1. The molecular weight excluding hydrogens is 349 g/mol. The molecule has 6 nitrogen and oxygen atoms in total. The molecule has 126 valence electrons. The Morgan fingerprint density at radius 2 is 1.71 bits per heavy atom. The van der Waals surface area contributed by atoms with Crippen LogP contribution in [0, 0.1) is 0 Å². The number of anilines is 1. The topological polar surface area (TPSA) is 83.1 Å². The molecule has 0 atom stereocenters. The number of hydrazine groups is 1. The lowest BCUT2D eigenvalue weighted by Gasteiger charge is -2.12. The minimum Gasteiger partial charge on any atom is -0.307 e. The Morgan fingerprint density at radius 3 is 2.33 bits per heavy atom. The average molecular weight is 359 g/mol. The summed E-state index contributed by atoms with van der Waals surface area (Å²) in [6.07, 6.45) is -1.87. The van der Waals surface area contributed by atoms with Crippen LogP contribution >= 0.6 is 11.6 Å². The highest BCUT2D eigenvalue weighted by atomic mass is 35.5. The zero-order chi connectivity index (χ0) is 17.7. The van der Waals surface area contributed by atoms with E-state index < -0.39 is 28.7 Å². The molecule has 2 rings (SSSR count). The number of pyridine rings is 1. The lowest BCUT2D eigenvalue weighted by atomic mass is 10.2. The average Bonchev–Trinajstić information content (AvgIpc) is 2.54. The maximum Gasteiger partial charge on any atom is 0.417 e. The minimum atomic E-state index is -4.65. The van der Waals surface area contributed by atoms with Crippen molar-refractivity contribution < 1.29 is 22.8 Å². The Balaban J connectivity index is 1.97. The molecule has 0 fully saturated rings. The number of hydrogen-bond donors (Lipinski definition) is 3. The van der Waals surface area contributed by atoms with Crippen LogP contribution in [0.1, 0.15) is 15.9 Å². The van der Waals surface area contributed by atoms with Gasteiger partial charge in [0.15, 0.2) is 0 Å². The first-order valence-corrected chi connectivity index (χ1v) is 6.79. The number of rotatable bonds is 2. The van der Waals surface area contributed by atoms with E-state index >= 15 is 0 Å². The van der Waals surface area contributed by atoms with Gasteiger partial charge in [-0.05, 0) is 30.3 Å². The number of nitrogens with one attached hydrogen (secondary N) is 3. The first-order chi connectivity index (χ1) is 11.3. The molecule has 1 aromatic heterocycles. The van der Waals surface area contributed by atoms with E-state index in [1.165, 1.54) is 30.6 Å². The van der Waals surface area contributed by atoms with E-state index in [-0.39, 0.29) is 11.3 Å². The monoisotopic (exact) mass is 358 g/mol. The molecule has 0 aliphatic heterocycles. The van der Waals surface area contributed by atoms with Gasteiger partial charge in [0, 0.05) is 23.6 Å². The smallest absolute Gasteiger partial charge is 0.307 e. The van der Waals surface area contributed by atoms with Crippen LogP contribution in [0.3, 0.4) is 0 Å². The van der Waals surface area contributed by atoms with Crippen LogP contribution in [-0.2, 0) is 6.18 Å². The van der Waals surface area contributed by atoms with Crippen molar-refractivity contribution in [2.24, 2.45) is 0 Å². The van der Waals surface area contributed by atoms with Crippen LogP contribution in [0.5, 0.6) is 0 Å². The fourth-order valence-electron chi connectivity index (χ4n) is 1.67. The maximum absolute atomic E-state index is 12.7. The van der Waals surface area contributed by atoms with Gasteiger partial charge in [0.25, 0.3) is 5.91 Å². The van der Waals surface area contributed by atoms with Crippen molar-refractivity contribution in [2.45, 2.75) is 6.18 Å². The number of hydrogen-bond acceptors (Lipinski definition) is 3. The van der Waals surface area contributed by atoms with Gasteiger partial charge in [0.1, 0.15) is 0 Å². The predicted octanol–water partition coefficient (Wildman–Crippen LogP) is 3.22. The standard InChI is InChI=1S/C14H10ClF3N4O2/c15-11-2-1-9(7-10(11)14(16,17)18)20-13(24)22-21-12(23)8-3-5-19-6-4-8/h1-7H,(H,21,23)(H2,20,22,24). The zero-order valence-electron chi connectivity index (χ0n) is 11.8. The molecule has 2 aromatic rings. The molecule has 0 aliphatic carbocycles. The van der Waals surface area contributed by atoms with Crippen LogP contribution in [0.15, 0.2) is 42.7 Å². The Labute approximate surface area is 139 Å². The van der Waals surface area contributed by atoms with Crippen LogP contribution in [0.2, 0.25) is 5.02 Å². The van der Waals surface area contributed by atoms with Crippen molar-refractivity contribution in [1.82, 2.24) is 15.8 Å². The molecular formula is C14H10ClF3N4O2. The molecule has 24 heavy (non-hydrogen) atoms. The predicted molar refractivity (Wildman–Crippen MR) is 80.3 cm³/mol. The number of aromatic nitrogens is 1. The summed E-state index contributed by atoms with van der Waals surface area (Å²) >= 11 is 5.48. The van der Waals surface area contributed by atoms with Gasteiger partial charge in [-0.15, -0.1) is 0 Å². The lowest BCUT2D eigenvalue weighted by molar-refractivity contribution is -0.137. The van der Waals surface area contributed by atoms with E-state index in [1.54, 1.807) is 0 Å². The fourth-order valence-corrected chi connectivity index (χ4v) is 1.90. The number of alkyl halides is 3. The van der Waals surface area contributed by atoms with Gasteiger partial charge in [-0.1, -0.05) is 11.6 Å². The van der Waals surface area contributed by atoms with Crippen LogP contribution in [0.25, 0.3) is 0 Å². The third kappa shape index (κ3) is 4.59. The summed E-state index contributed by atoms with van der Waals surface area (Å²) in [6.45, 7) is 0. The molecule has 0 spiro atoms. The van der Waals surface area contributed by atoms with Crippen LogP contribution in [0.4, 0.5) is 23.7 Å². The molecule has 0 bridgehead atoms. The highest BCUT2D eigenvalue weighted by Gasteiger charge is 2.33. The number of nitrogens with zero attached hydrogens (tertiary/aromatic N) is 1. The Hall–Kier alpha value is -2.81. The van der Waals surface area contributed by atoms with E-state index in [0.717, 1.165) is 6.07 Å².